The Morgan fingerprint density at radius 1 is 0.500 bits per heavy atom. The number of amides is 2. The highest BCUT2D eigenvalue weighted by Crippen LogP contribution is 2.43. The molecule has 0 aromatic heterocycles. The third-order valence-electron chi connectivity index (χ3n) is 6.81. The van der Waals surface area contributed by atoms with Gasteiger partial charge in [0, 0.05) is 24.3 Å². The maximum atomic E-state index is 14.4. The summed E-state index contributed by atoms with van der Waals surface area (Å²) in [6, 6.07) is 17.6. The highest BCUT2D eigenvalue weighted by atomic mass is 32.2. The van der Waals surface area contributed by atoms with E-state index in [0.29, 0.717) is 8.61 Å². The Bertz CT molecular complexity index is 1840. The maximum Gasteiger partial charge on any atom is 0.269 e. The van der Waals surface area contributed by atoms with Gasteiger partial charge in [0.25, 0.3) is 43.2 Å². The Morgan fingerprint density at radius 3 is 1.07 bits per heavy atom. The summed E-state index contributed by atoms with van der Waals surface area (Å²) in [5.41, 5.74) is -0.919. The van der Waals surface area contributed by atoms with Crippen molar-refractivity contribution >= 4 is 43.2 Å². The maximum absolute atomic E-state index is 14.4. The monoisotopic (exact) mass is 636 g/mol. The lowest BCUT2D eigenvalue weighted by molar-refractivity contribution is -0.385. The summed E-state index contributed by atoms with van der Waals surface area (Å²) >= 11 is 0. The van der Waals surface area contributed by atoms with Gasteiger partial charge >= 0.3 is 0 Å². The van der Waals surface area contributed by atoms with Gasteiger partial charge in [-0.1, -0.05) is 60.7 Å². The van der Waals surface area contributed by atoms with E-state index in [1.807, 2.05) is 0 Å². The fourth-order valence-electron chi connectivity index (χ4n) is 4.74. The van der Waals surface area contributed by atoms with Crippen molar-refractivity contribution in [2.24, 2.45) is 0 Å². The molecule has 0 N–H and O–H groups in total. The van der Waals surface area contributed by atoms with Crippen LogP contribution in [0.3, 0.4) is 0 Å². The molecule has 0 saturated carbocycles. The first-order valence-electron chi connectivity index (χ1n) is 12.6. The molecule has 1 aliphatic rings. The molecule has 2 atom stereocenters. The first kappa shape index (κ1) is 30.0. The number of rotatable bonds is 8. The molecule has 2 amide bonds. The topological polar surface area (TPSA) is 195 Å². The van der Waals surface area contributed by atoms with Crippen molar-refractivity contribution in [3.8, 4) is 0 Å². The number of carbonyl (C=O) groups excluding carboxylic acids is 2. The molecular formula is C28H20N4O10S2. The molecule has 4 aromatic carbocycles. The second-order valence-electron chi connectivity index (χ2n) is 9.41. The highest BCUT2D eigenvalue weighted by molar-refractivity contribution is 7.90. The van der Waals surface area contributed by atoms with E-state index in [9.17, 15) is 46.7 Å². The Hall–Kier alpha value is -5.48. The highest BCUT2D eigenvalue weighted by Gasteiger charge is 2.56. The van der Waals surface area contributed by atoms with Crippen LogP contribution in [-0.2, 0) is 29.6 Å². The van der Waals surface area contributed by atoms with Crippen molar-refractivity contribution in [2.45, 2.75) is 21.9 Å². The van der Waals surface area contributed by atoms with Crippen LogP contribution in [0.4, 0.5) is 11.4 Å². The van der Waals surface area contributed by atoms with Gasteiger partial charge in [0.15, 0.2) is 12.1 Å². The Labute approximate surface area is 250 Å². The Balaban J connectivity index is 1.74. The van der Waals surface area contributed by atoms with Gasteiger partial charge in [-0.15, -0.1) is 0 Å². The van der Waals surface area contributed by atoms with Crippen molar-refractivity contribution in [2.75, 3.05) is 0 Å². The lowest BCUT2D eigenvalue weighted by Crippen LogP contribution is -2.59. The normalized spacial score (nSPS) is 17.4. The molecule has 1 fully saturated rings. The van der Waals surface area contributed by atoms with E-state index in [0.717, 1.165) is 48.5 Å². The van der Waals surface area contributed by atoms with Crippen LogP contribution in [0.5, 0.6) is 0 Å². The summed E-state index contributed by atoms with van der Waals surface area (Å²) in [6.45, 7) is 0. The van der Waals surface area contributed by atoms with Gasteiger partial charge in [-0.2, -0.15) is 0 Å². The molecule has 16 heteroatoms. The van der Waals surface area contributed by atoms with E-state index in [1.54, 1.807) is 12.1 Å². The van der Waals surface area contributed by atoms with Gasteiger partial charge in [-0.3, -0.25) is 29.8 Å². The molecule has 1 aliphatic heterocycles. The minimum absolute atomic E-state index is 0.0354. The zero-order valence-corrected chi connectivity index (χ0v) is 23.9. The SMILES string of the molecule is O=C1C(c2ccccc2)N(S(=O)(=O)c2ccc([N+](=O)[O-])cc2)C(=O)C(c2ccccc2)N1S(=O)(=O)c1ccc([N+](=O)[O-])cc1. The van der Waals surface area contributed by atoms with E-state index in [1.165, 1.54) is 48.5 Å². The zero-order valence-electron chi connectivity index (χ0n) is 22.2. The van der Waals surface area contributed by atoms with Crippen LogP contribution in [0.25, 0.3) is 0 Å². The summed E-state index contributed by atoms with van der Waals surface area (Å²) in [5.74, 6) is -2.60. The molecule has 44 heavy (non-hydrogen) atoms. The van der Waals surface area contributed by atoms with Gasteiger partial charge in [0.05, 0.1) is 19.6 Å². The molecule has 2 unspecified atom stereocenters. The quantitative estimate of drug-likeness (QED) is 0.203. The molecule has 0 radical (unpaired) electrons. The van der Waals surface area contributed by atoms with Gasteiger partial charge in [-0.05, 0) is 35.4 Å². The smallest absolute Gasteiger partial charge is 0.269 e. The van der Waals surface area contributed by atoms with Crippen molar-refractivity contribution < 1.29 is 36.3 Å². The van der Waals surface area contributed by atoms with Crippen LogP contribution in [0.2, 0.25) is 0 Å². The van der Waals surface area contributed by atoms with Gasteiger partial charge in [0.2, 0.25) is 0 Å². The second-order valence-corrected chi connectivity index (χ2v) is 13.0. The average Bonchev–Trinajstić information content (AvgIpc) is 3.02. The van der Waals surface area contributed by atoms with Crippen LogP contribution in [0, 0.1) is 20.2 Å². The van der Waals surface area contributed by atoms with Crippen molar-refractivity contribution in [1.82, 2.24) is 8.61 Å². The molecule has 1 saturated heterocycles. The molecular weight excluding hydrogens is 616 g/mol. The molecule has 0 aliphatic carbocycles. The largest absolute Gasteiger partial charge is 0.271 e. The lowest BCUT2D eigenvalue weighted by atomic mass is 9.98. The van der Waals surface area contributed by atoms with Crippen molar-refractivity contribution in [1.29, 1.82) is 0 Å². The molecule has 1 heterocycles. The third-order valence-corrected chi connectivity index (χ3v) is 10.4. The number of sulfonamides is 2. The zero-order chi connectivity index (χ0) is 31.8. The first-order valence-corrected chi connectivity index (χ1v) is 15.5. The number of nitrogens with zero attached hydrogens (tertiary/aromatic N) is 4. The summed E-state index contributed by atoms with van der Waals surface area (Å²) in [6.07, 6.45) is 0. The van der Waals surface area contributed by atoms with Crippen molar-refractivity contribution in [3.63, 3.8) is 0 Å². The van der Waals surface area contributed by atoms with Gasteiger partial charge in [0.1, 0.15) is 0 Å². The number of non-ortho nitro benzene ring substituents is 2. The van der Waals surface area contributed by atoms with Crippen LogP contribution in [0.1, 0.15) is 23.2 Å². The van der Waals surface area contributed by atoms with E-state index in [4.69, 9.17) is 0 Å². The number of nitro groups is 2. The van der Waals surface area contributed by atoms with Crippen LogP contribution >= 0.6 is 0 Å². The van der Waals surface area contributed by atoms with E-state index in [-0.39, 0.29) is 11.1 Å². The summed E-state index contributed by atoms with van der Waals surface area (Å²) in [7, 11) is -9.86. The third kappa shape index (κ3) is 5.16. The summed E-state index contributed by atoms with van der Waals surface area (Å²) in [5, 5.41) is 22.3. The lowest BCUT2D eigenvalue weighted by Gasteiger charge is -2.43. The van der Waals surface area contributed by atoms with Gasteiger partial charge < -0.3 is 0 Å². The molecule has 224 valence electrons. The molecule has 14 nitrogen and oxygen atoms in total. The molecule has 5 rings (SSSR count). The number of carbonyl (C=O) groups is 2. The Kier molecular flexibility index (Phi) is 7.71. The minimum atomic E-state index is -4.93. The molecule has 4 aromatic rings. The average molecular weight is 637 g/mol. The predicted octanol–water partition coefficient (Wildman–Crippen LogP) is 3.73. The van der Waals surface area contributed by atoms with E-state index in [2.05, 4.69) is 0 Å². The van der Waals surface area contributed by atoms with Crippen molar-refractivity contribution in [3.05, 3.63) is 141 Å². The van der Waals surface area contributed by atoms with Crippen LogP contribution in [0.15, 0.2) is 119 Å². The number of piperazine rings is 1. The fraction of sp³-hybridized carbons (Fsp3) is 0.0714. The number of nitro benzene ring substituents is 2. The second kappa shape index (κ2) is 11.3. The van der Waals surface area contributed by atoms with E-state index >= 15 is 0 Å². The van der Waals surface area contributed by atoms with Gasteiger partial charge in [-0.25, -0.2) is 25.4 Å². The van der Waals surface area contributed by atoms with Crippen LogP contribution in [-0.4, -0.2) is 47.1 Å². The summed E-state index contributed by atoms with van der Waals surface area (Å²) in [4.78, 5) is 48.4. The van der Waals surface area contributed by atoms with E-state index < -0.39 is 75.0 Å². The standard InChI is InChI=1S/C28H20N4O10S2/c33-27-25(19-7-3-1-4-8-19)29(43(39,40)23-15-11-21(12-16-23)31(35)36)28(34)26(20-9-5-2-6-10-20)30(27)44(41,42)24-17-13-22(14-18-24)32(37)38/h1-18,25-26H. The minimum Gasteiger partial charge on any atom is -0.271 e. The number of hydrogen-bond donors (Lipinski definition) is 0. The van der Waals surface area contributed by atoms with Crippen LogP contribution < -0.4 is 0 Å². The molecule has 0 spiro atoms. The number of hydrogen-bond acceptors (Lipinski definition) is 10. The summed E-state index contributed by atoms with van der Waals surface area (Å²) < 4.78 is 56.8. The first-order chi connectivity index (χ1) is 20.9. The predicted molar refractivity (Wildman–Crippen MR) is 153 cm³/mol. The molecule has 0 bridgehead atoms. The fourth-order valence-corrected chi connectivity index (χ4v) is 7.81. The Morgan fingerprint density at radius 2 is 0.795 bits per heavy atom. The number of benzene rings is 4.